The van der Waals surface area contributed by atoms with Crippen molar-refractivity contribution in [1.82, 2.24) is 4.90 Å². The third-order valence-corrected chi connectivity index (χ3v) is 2.34. The molecule has 0 aromatic heterocycles. The molecular formula is C11H16F3NO2. The first kappa shape index (κ1) is 15.8. The van der Waals surface area contributed by atoms with E-state index in [1.165, 1.54) is 4.90 Å². The molecule has 0 radical (unpaired) electrons. The van der Waals surface area contributed by atoms with Crippen molar-refractivity contribution in [2.75, 3.05) is 13.1 Å². The van der Waals surface area contributed by atoms with E-state index in [2.05, 4.69) is 5.92 Å². The maximum atomic E-state index is 11.9. The highest BCUT2D eigenvalue weighted by Gasteiger charge is 2.27. The van der Waals surface area contributed by atoms with Gasteiger partial charge in [-0.05, 0) is 19.8 Å². The lowest BCUT2D eigenvalue weighted by atomic mass is 10.1. The topological polar surface area (TPSA) is 40.5 Å². The second-order valence-electron chi connectivity index (χ2n) is 3.86. The molecule has 0 amide bonds. The summed E-state index contributed by atoms with van der Waals surface area (Å²) in [6.45, 7) is 1.55. The molecule has 0 aromatic rings. The SMILES string of the molecule is C#CCN(CC(=O)O)C(C)CCCC(F)(F)F. The smallest absolute Gasteiger partial charge is 0.389 e. The lowest BCUT2D eigenvalue weighted by molar-refractivity contribution is -0.140. The second kappa shape index (κ2) is 7.17. The lowest BCUT2D eigenvalue weighted by Gasteiger charge is -2.25. The van der Waals surface area contributed by atoms with Crippen LogP contribution in [0.5, 0.6) is 0 Å². The molecule has 0 saturated heterocycles. The molecular weight excluding hydrogens is 235 g/mol. The van der Waals surface area contributed by atoms with Gasteiger partial charge in [0, 0.05) is 12.5 Å². The second-order valence-corrected chi connectivity index (χ2v) is 3.86. The highest BCUT2D eigenvalue weighted by Crippen LogP contribution is 2.23. The van der Waals surface area contributed by atoms with Gasteiger partial charge in [-0.15, -0.1) is 6.42 Å². The van der Waals surface area contributed by atoms with Crippen LogP contribution in [0.1, 0.15) is 26.2 Å². The number of carbonyl (C=O) groups is 1. The first-order valence-corrected chi connectivity index (χ1v) is 5.22. The Morgan fingerprint density at radius 2 is 2.12 bits per heavy atom. The van der Waals surface area contributed by atoms with E-state index in [0.29, 0.717) is 0 Å². The number of terminal acetylenes is 1. The molecule has 0 spiro atoms. The average Bonchev–Trinajstić information content (AvgIpc) is 2.14. The number of halogens is 3. The molecule has 1 atom stereocenters. The molecule has 0 rings (SSSR count). The Labute approximate surface area is 98.6 Å². The summed E-state index contributed by atoms with van der Waals surface area (Å²) >= 11 is 0. The fourth-order valence-electron chi connectivity index (χ4n) is 1.44. The molecule has 1 N–H and O–H groups in total. The van der Waals surface area contributed by atoms with Gasteiger partial charge in [-0.1, -0.05) is 5.92 Å². The zero-order valence-electron chi connectivity index (χ0n) is 9.63. The Kier molecular flexibility index (Phi) is 6.66. The summed E-state index contributed by atoms with van der Waals surface area (Å²) in [6, 6.07) is -0.274. The number of hydrogen-bond acceptors (Lipinski definition) is 2. The minimum Gasteiger partial charge on any atom is -0.480 e. The fraction of sp³-hybridized carbons (Fsp3) is 0.727. The van der Waals surface area contributed by atoms with Crippen molar-refractivity contribution in [1.29, 1.82) is 0 Å². The van der Waals surface area contributed by atoms with Crippen LogP contribution in [0.25, 0.3) is 0 Å². The normalized spacial score (nSPS) is 13.4. The minimum atomic E-state index is -4.16. The zero-order chi connectivity index (χ0) is 13.5. The quantitative estimate of drug-likeness (QED) is 0.705. The van der Waals surface area contributed by atoms with E-state index in [0.717, 1.165) is 0 Å². The molecule has 0 aliphatic carbocycles. The third-order valence-electron chi connectivity index (χ3n) is 2.34. The van der Waals surface area contributed by atoms with Crippen LogP contribution in [0.3, 0.4) is 0 Å². The van der Waals surface area contributed by atoms with Gasteiger partial charge < -0.3 is 5.11 Å². The lowest BCUT2D eigenvalue weighted by Crippen LogP contribution is -2.37. The van der Waals surface area contributed by atoms with Gasteiger partial charge in [0.15, 0.2) is 0 Å². The van der Waals surface area contributed by atoms with E-state index in [-0.39, 0.29) is 32.0 Å². The molecule has 0 aliphatic heterocycles. The van der Waals surface area contributed by atoms with Crippen LogP contribution in [-0.2, 0) is 4.79 Å². The maximum absolute atomic E-state index is 11.9. The summed E-state index contributed by atoms with van der Waals surface area (Å²) in [5, 5.41) is 8.62. The van der Waals surface area contributed by atoms with E-state index < -0.39 is 18.6 Å². The zero-order valence-corrected chi connectivity index (χ0v) is 9.63. The molecule has 0 bridgehead atoms. The monoisotopic (exact) mass is 251 g/mol. The van der Waals surface area contributed by atoms with Crippen LogP contribution in [0.2, 0.25) is 0 Å². The maximum Gasteiger partial charge on any atom is 0.389 e. The molecule has 0 aliphatic rings. The van der Waals surface area contributed by atoms with Crippen molar-refractivity contribution in [3.8, 4) is 12.3 Å². The number of hydrogen-bond donors (Lipinski definition) is 1. The molecule has 1 unspecified atom stereocenters. The van der Waals surface area contributed by atoms with E-state index in [1.54, 1.807) is 6.92 Å². The highest BCUT2D eigenvalue weighted by molar-refractivity contribution is 5.69. The first-order valence-electron chi connectivity index (χ1n) is 5.22. The first-order chi connectivity index (χ1) is 7.76. The number of nitrogens with zero attached hydrogens (tertiary/aromatic N) is 1. The van der Waals surface area contributed by atoms with Crippen LogP contribution in [0.4, 0.5) is 13.2 Å². The van der Waals surface area contributed by atoms with Gasteiger partial charge in [0.05, 0.1) is 13.1 Å². The van der Waals surface area contributed by atoms with Gasteiger partial charge in [-0.3, -0.25) is 9.69 Å². The molecule has 17 heavy (non-hydrogen) atoms. The number of carboxylic acid groups (broad SMARTS) is 1. The highest BCUT2D eigenvalue weighted by atomic mass is 19.4. The predicted octanol–water partition coefficient (Wildman–Crippen LogP) is 2.13. The Morgan fingerprint density at radius 1 is 1.53 bits per heavy atom. The van der Waals surface area contributed by atoms with Gasteiger partial charge >= 0.3 is 12.1 Å². The fourth-order valence-corrected chi connectivity index (χ4v) is 1.44. The Hall–Kier alpha value is -1.22. The summed E-state index contributed by atoms with van der Waals surface area (Å²) in [7, 11) is 0. The van der Waals surface area contributed by atoms with Crippen LogP contribution in [0.15, 0.2) is 0 Å². The average molecular weight is 251 g/mol. The molecule has 0 saturated carbocycles. The van der Waals surface area contributed by atoms with Gasteiger partial charge in [0.1, 0.15) is 0 Å². The molecule has 0 fully saturated rings. The minimum absolute atomic E-state index is 0.0225. The van der Waals surface area contributed by atoms with Gasteiger partial charge in [-0.2, -0.15) is 13.2 Å². The van der Waals surface area contributed by atoms with Gasteiger partial charge in [-0.25, -0.2) is 0 Å². The van der Waals surface area contributed by atoms with E-state index in [1.807, 2.05) is 0 Å². The van der Waals surface area contributed by atoms with Crippen LogP contribution < -0.4 is 0 Å². The summed E-state index contributed by atoms with van der Waals surface area (Å²) in [6.07, 6.45) is 0.310. The summed E-state index contributed by atoms with van der Waals surface area (Å²) < 4.78 is 35.8. The molecule has 6 heteroatoms. The van der Waals surface area contributed by atoms with E-state index in [4.69, 9.17) is 11.5 Å². The Morgan fingerprint density at radius 3 is 2.53 bits per heavy atom. The van der Waals surface area contributed by atoms with Crippen molar-refractivity contribution in [3.63, 3.8) is 0 Å². The van der Waals surface area contributed by atoms with Crippen LogP contribution in [-0.4, -0.2) is 41.3 Å². The van der Waals surface area contributed by atoms with Gasteiger partial charge in [0.25, 0.3) is 0 Å². The largest absolute Gasteiger partial charge is 0.480 e. The van der Waals surface area contributed by atoms with Crippen LogP contribution in [0, 0.1) is 12.3 Å². The molecule has 98 valence electrons. The number of aliphatic carboxylic acids is 1. The predicted molar refractivity (Wildman–Crippen MR) is 57.4 cm³/mol. The van der Waals surface area contributed by atoms with Crippen molar-refractivity contribution >= 4 is 5.97 Å². The molecule has 0 heterocycles. The standard InChI is InChI=1S/C11H16F3NO2/c1-3-7-15(8-10(16)17)9(2)5-4-6-11(12,13)14/h1,9H,4-8H2,2H3,(H,16,17). The number of carboxylic acids is 1. The van der Waals surface area contributed by atoms with E-state index >= 15 is 0 Å². The van der Waals surface area contributed by atoms with Crippen molar-refractivity contribution < 1.29 is 23.1 Å². The Balaban J connectivity index is 4.10. The van der Waals surface area contributed by atoms with Crippen molar-refractivity contribution in [2.24, 2.45) is 0 Å². The summed E-state index contributed by atoms with van der Waals surface area (Å²) in [4.78, 5) is 12.0. The van der Waals surface area contributed by atoms with Crippen molar-refractivity contribution in [3.05, 3.63) is 0 Å². The van der Waals surface area contributed by atoms with E-state index in [9.17, 15) is 18.0 Å². The summed E-state index contributed by atoms with van der Waals surface area (Å²) in [5.41, 5.74) is 0. The Bertz CT molecular complexity index is 283. The van der Waals surface area contributed by atoms with Crippen molar-refractivity contribution in [2.45, 2.75) is 38.4 Å². The molecule has 0 aromatic carbocycles. The number of alkyl halides is 3. The summed E-state index contributed by atoms with van der Waals surface area (Å²) in [5.74, 6) is 1.26. The molecule has 3 nitrogen and oxygen atoms in total. The third kappa shape index (κ3) is 8.57. The van der Waals surface area contributed by atoms with Crippen LogP contribution >= 0.6 is 0 Å². The number of rotatable bonds is 7. The van der Waals surface area contributed by atoms with Gasteiger partial charge in [0.2, 0.25) is 0 Å².